The van der Waals surface area contributed by atoms with E-state index in [0.29, 0.717) is 0 Å². The predicted octanol–water partition coefficient (Wildman–Crippen LogP) is 1.93. The summed E-state index contributed by atoms with van der Waals surface area (Å²) in [6.45, 7) is 4.32. The van der Waals surface area contributed by atoms with E-state index in [1.165, 1.54) is 12.8 Å². The highest BCUT2D eigenvalue weighted by Crippen LogP contribution is 2.39. The van der Waals surface area contributed by atoms with Crippen LogP contribution in [0, 0.1) is 5.92 Å². The Labute approximate surface area is 75.5 Å². The standard InChI is InChI=1S/C10H21NO/c1-4-10(5-2,12-3)9(11)8-6-7-8/h8-9H,4-7,11H2,1-3H3. The quantitative estimate of drug-likeness (QED) is 0.686. The third-order valence-corrected chi connectivity index (χ3v) is 3.34. The van der Waals surface area contributed by atoms with Crippen molar-refractivity contribution < 1.29 is 4.74 Å². The summed E-state index contributed by atoms with van der Waals surface area (Å²) in [5.74, 6) is 0.727. The third-order valence-electron chi connectivity index (χ3n) is 3.34. The lowest BCUT2D eigenvalue weighted by atomic mass is 9.86. The van der Waals surface area contributed by atoms with Crippen LogP contribution >= 0.6 is 0 Å². The largest absolute Gasteiger partial charge is 0.377 e. The van der Waals surface area contributed by atoms with E-state index < -0.39 is 0 Å². The molecule has 0 bridgehead atoms. The molecule has 1 fully saturated rings. The summed E-state index contributed by atoms with van der Waals surface area (Å²) in [5.41, 5.74) is 6.11. The van der Waals surface area contributed by atoms with E-state index in [2.05, 4.69) is 13.8 Å². The van der Waals surface area contributed by atoms with E-state index in [0.717, 1.165) is 18.8 Å². The van der Waals surface area contributed by atoms with Crippen LogP contribution in [-0.4, -0.2) is 18.8 Å². The van der Waals surface area contributed by atoms with E-state index >= 15 is 0 Å². The van der Waals surface area contributed by atoms with Crippen molar-refractivity contribution in [3.05, 3.63) is 0 Å². The summed E-state index contributed by atoms with van der Waals surface area (Å²) in [4.78, 5) is 0. The summed E-state index contributed by atoms with van der Waals surface area (Å²) in [5, 5.41) is 0. The van der Waals surface area contributed by atoms with Crippen LogP contribution in [0.2, 0.25) is 0 Å². The van der Waals surface area contributed by atoms with E-state index in [9.17, 15) is 0 Å². The predicted molar refractivity (Wildman–Crippen MR) is 51.0 cm³/mol. The number of hydrogen-bond donors (Lipinski definition) is 1. The van der Waals surface area contributed by atoms with Crippen LogP contribution in [-0.2, 0) is 4.74 Å². The van der Waals surface area contributed by atoms with Gasteiger partial charge in [0.05, 0.1) is 5.60 Å². The van der Waals surface area contributed by atoms with Crippen molar-refractivity contribution in [1.82, 2.24) is 0 Å². The Morgan fingerprint density at radius 3 is 2.17 bits per heavy atom. The lowest BCUT2D eigenvalue weighted by Crippen LogP contribution is -2.50. The Morgan fingerprint density at radius 1 is 1.42 bits per heavy atom. The molecule has 1 atom stereocenters. The first-order valence-corrected chi connectivity index (χ1v) is 5.01. The van der Waals surface area contributed by atoms with Gasteiger partial charge in [-0.25, -0.2) is 0 Å². The highest BCUT2D eigenvalue weighted by Gasteiger charge is 2.42. The molecule has 0 heterocycles. The molecular weight excluding hydrogens is 150 g/mol. The maximum atomic E-state index is 6.16. The van der Waals surface area contributed by atoms with E-state index in [-0.39, 0.29) is 11.6 Å². The van der Waals surface area contributed by atoms with Gasteiger partial charge in [0, 0.05) is 13.2 Å². The zero-order valence-corrected chi connectivity index (χ0v) is 8.47. The number of ether oxygens (including phenoxy) is 1. The van der Waals surface area contributed by atoms with Gasteiger partial charge < -0.3 is 10.5 Å². The Morgan fingerprint density at radius 2 is 1.92 bits per heavy atom. The molecule has 0 amide bonds. The Balaban J connectivity index is 2.60. The van der Waals surface area contributed by atoms with E-state index in [1.54, 1.807) is 7.11 Å². The van der Waals surface area contributed by atoms with Crippen LogP contribution in [0.25, 0.3) is 0 Å². The molecule has 1 aliphatic rings. The molecule has 72 valence electrons. The smallest absolute Gasteiger partial charge is 0.0826 e. The first-order chi connectivity index (χ1) is 5.70. The minimum absolute atomic E-state index is 0.0544. The van der Waals surface area contributed by atoms with E-state index in [4.69, 9.17) is 10.5 Å². The summed E-state index contributed by atoms with van der Waals surface area (Å²) in [6, 6.07) is 0.248. The van der Waals surface area contributed by atoms with Crippen LogP contribution in [0.15, 0.2) is 0 Å². The molecular formula is C10H21NO. The molecule has 0 spiro atoms. The van der Waals surface area contributed by atoms with Gasteiger partial charge in [0.25, 0.3) is 0 Å². The molecule has 12 heavy (non-hydrogen) atoms. The maximum Gasteiger partial charge on any atom is 0.0826 e. The summed E-state index contributed by atoms with van der Waals surface area (Å²) >= 11 is 0. The minimum atomic E-state index is -0.0544. The average molecular weight is 171 g/mol. The molecule has 2 N–H and O–H groups in total. The van der Waals surface area contributed by atoms with Crippen LogP contribution in [0.4, 0.5) is 0 Å². The molecule has 1 unspecified atom stereocenters. The summed E-state index contributed by atoms with van der Waals surface area (Å²) in [7, 11) is 1.79. The fraction of sp³-hybridized carbons (Fsp3) is 1.00. The van der Waals surface area contributed by atoms with Crippen molar-refractivity contribution in [2.45, 2.75) is 51.2 Å². The molecule has 1 saturated carbocycles. The third kappa shape index (κ3) is 1.64. The molecule has 0 radical (unpaired) electrons. The fourth-order valence-electron chi connectivity index (χ4n) is 2.03. The fourth-order valence-corrected chi connectivity index (χ4v) is 2.03. The highest BCUT2D eigenvalue weighted by atomic mass is 16.5. The molecule has 0 aromatic rings. The topological polar surface area (TPSA) is 35.2 Å². The second-order valence-electron chi connectivity index (χ2n) is 3.84. The Kier molecular flexibility index (Phi) is 3.13. The van der Waals surface area contributed by atoms with Crippen molar-refractivity contribution >= 4 is 0 Å². The van der Waals surface area contributed by atoms with Gasteiger partial charge in [-0.15, -0.1) is 0 Å². The Bertz CT molecular complexity index is 131. The second-order valence-corrected chi connectivity index (χ2v) is 3.84. The van der Waals surface area contributed by atoms with Gasteiger partial charge in [0.2, 0.25) is 0 Å². The van der Waals surface area contributed by atoms with Crippen molar-refractivity contribution in [2.24, 2.45) is 11.7 Å². The first-order valence-electron chi connectivity index (χ1n) is 5.01. The van der Waals surface area contributed by atoms with Gasteiger partial charge in [-0.1, -0.05) is 13.8 Å². The van der Waals surface area contributed by atoms with Gasteiger partial charge in [0.1, 0.15) is 0 Å². The number of rotatable bonds is 5. The summed E-state index contributed by atoms with van der Waals surface area (Å²) < 4.78 is 5.57. The summed E-state index contributed by atoms with van der Waals surface area (Å²) in [6.07, 6.45) is 4.65. The van der Waals surface area contributed by atoms with Gasteiger partial charge in [-0.3, -0.25) is 0 Å². The monoisotopic (exact) mass is 171 g/mol. The molecule has 0 aromatic heterocycles. The van der Waals surface area contributed by atoms with Gasteiger partial charge in [-0.2, -0.15) is 0 Å². The maximum absolute atomic E-state index is 6.16. The normalized spacial score (nSPS) is 21.0. The molecule has 2 heteroatoms. The first kappa shape index (κ1) is 10.0. The molecule has 0 aliphatic heterocycles. The zero-order chi connectivity index (χ0) is 9.19. The van der Waals surface area contributed by atoms with Gasteiger partial charge >= 0.3 is 0 Å². The number of methoxy groups -OCH3 is 1. The SMILES string of the molecule is CCC(CC)(OC)C(N)C1CC1. The molecule has 1 rings (SSSR count). The van der Waals surface area contributed by atoms with Crippen molar-refractivity contribution in [2.75, 3.05) is 7.11 Å². The Hall–Kier alpha value is -0.0800. The lowest BCUT2D eigenvalue weighted by Gasteiger charge is -2.36. The van der Waals surface area contributed by atoms with Crippen molar-refractivity contribution in [1.29, 1.82) is 0 Å². The van der Waals surface area contributed by atoms with Gasteiger partial charge in [-0.05, 0) is 31.6 Å². The highest BCUT2D eigenvalue weighted by molar-refractivity contribution is 4.98. The molecule has 1 aliphatic carbocycles. The van der Waals surface area contributed by atoms with Crippen molar-refractivity contribution in [3.63, 3.8) is 0 Å². The van der Waals surface area contributed by atoms with Gasteiger partial charge in [0.15, 0.2) is 0 Å². The van der Waals surface area contributed by atoms with E-state index in [1.807, 2.05) is 0 Å². The lowest BCUT2D eigenvalue weighted by molar-refractivity contribution is -0.0427. The van der Waals surface area contributed by atoms with Crippen LogP contribution < -0.4 is 5.73 Å². The van der Waals surface area contributed by atoms with Crippen LogP contribution in [0.3, 0.4) is 0 Å². The molecule has 2 nitrogen and oxygen atoms in total. The zero-order valence-electron chi connectivity index (χ0n) is 8.47. The molecule has 0 saturated heterocycles. The van der Waals surface area contributed by atoms with Crippen LogP contribution in [0.5, 0.6) is 0 Å². The van der Waals surface area contributed by atoms with Crippen molar-refractivity contribution in [3.8, 4) is 0 Å². The minimum Gasteiger partial charge on any atom is -0.377 e. The number of hydrogen-bond acceptors (Lipinski definition) is 2. The average Bonchev–Trinajstić information content (AvgIpc) is 2.91. The number of nitrogens with two attached hydrogens (primary N) is 1. The van der Waals surface area contributed by atoms with Crippen LogP contribution in [0.1, 0.15) is 39.5 Å². The second kappa shape index (κ2) is 3.75. The molecule has 0 aromatic carbocycles.